The lowest BCUT2D eigenvalue weighted by atomic mass is 9.68. The standard InChI is InChI=1S/C17H20F2O4/c18-15(19)11-9-13-14(23-8-4-7-22-13)10-12(11)17(16(20)21)5-2-1-3-6-17/h9-10,15H,1-8H2,(H,20,21). The molecule has 1 heterocycles. The summed E-state index contributed by atoms with van der Waals surface area (Å²) in [6.07, 6.45) is 1.05. The van der Waals surface area contributed by atoms with Gasteiger partial charge in [-0.25, -0.2) is 8.78 Å². The summed E-state index contributed by atoms with van der Waals surface area (Å²) in [6, 6.07) is 2.74. The zero-order valence-electron chi connectivity index (χ0n) is 12.8. The average Bonchev–Trinajstić information content (AvgIpc) is 2.78. The molecule has 0 aromatic heterocycles. The van der Waals surface area contributed by atoms with Crippen LogP contribution in [0.1, 0.15) is 56.1 Å². The van der Waals surface area contributed by atoms with Gasteiger partial charge in [-0.05, 0) is 30.5 Å². The van der Waals surface area contributed by atoms with Gasteiger partial charge < -0.3 is 14.6 Å². The summed E-state index contributed by atoms with van der Waals surface area (Å²) in [7, 11) is 0. The molecule has 3 rings (SSSR count). The van der Waals surface area contributed by atoms with Gasteiger partial charge in [0.05, 0.1) is 18.6 Å². The van der Waals surface area contributed by atoms with Crippen molar-refractivity contribution < 1.29 is 28.2 Å². The topological polar surface area (TPSA) is 55.8 Å². The highest BCUT2D eigenvalue weighted by Crippen LogP contribution is 2.47. The zero-order valence-corrected chi connectivity index (χ0v) is 12.8. The Labute approximate surface area is 133 Å². The van der Waals surface area contributed by atoms with Gasteiger partial charge in [0, 0.05) is 12.0 Å². The molecule has 6 heteroatoms. The molecule has 0 unspecified atom stereocenters. The van der Waals surface area contributed by atoms with Gasteiger partial charge >= 0.3 is 5.97 Å². The molecule has 1 N–H and O–H groups in total. The normalized spacial score (nSPS) is 20.1. The minimum Gasteiger partial charge on any atom is -0.490 e. The van der Waals surface area contributed by atoms with Crippen LogP contribution in [0.3, 0.4) is 0 Å². The van der Waals surface area contributed by atoms with E-state index in [1.807, 2.05) is 0 Å². The number of carboxylic acid groups (broad SMARTS) is 1. The van der Waals surface area contributed by atoms with Crippen LogP contribution in [0.2, 0.25) is 0 Å². The molecule has 1 saturated carbocycles. The SMILES string of the molecule is O=C(O)C1(c2cc3c(cc2C(F)F)OCCCO3)CCCCC1. The molecule has 0 radical (unpaired) electrons. The van der Waals surface area contributed by atoms with Gasteiger partial charge in [0.2, 0.25) is 0 Å². The smallest absolute Gasteiger partial charge is 0.314 e. The van der Waals surface area contributed by atoms with Gasteiger partial charge in [0.15, 0.2) is 11.5 Å². The Bertz CT molecular complexity index is 595. The predicted molar refractivity (Wildman–Crippen MR) is 79.4 cm³/mol. The maximum Gasteiger partial charge on any atom is 0.314 e. The number of ether oxygens (including phenoxy) is 2. The van der Waals surface area contributed by atoms with Crippen LogP contribution < -0.4 is 9.47 Å². The summed E-state index contributed by atoms with van der Waals surface area (Å²) in [4.78, 5) is 12.0. The molecule has 1 aliphatic heterocycles. The second kappa shape index (κ2) is 6.34. The van der Waals surface area contributed by atoms with Crippen molar-refractivity contribution in [3.05, 3.63) is 23.3 Å². The largest absolute Gasteiger partial charge is 0.490 e. The highest BCUT2D eigenvalue weighted by molar-refractivity contribution is 5.82. The van der Waals surface area contributed by atoms with Crippen molar-refractivity contribution in [1.29, 1.82) is 0 Å². The van der Waals surface area contributed by atoms with Crippen molar-refractivity contribution in [2.45, 2.75) is 50.4 Å². The van der Waals surface area contributed by atoms with Crippen molar-refractivity contribution in [1.82, 2.24) is 0 Å². The number of carboxylic acids is 1. The Kier molecular flexibility index (Phi) is 4.41. The van der Waals surface area contributed by atoms with Crippen LogP contribution >= 0.6 is 0 Å². The van der Waals surface area contributed by atoms with Gasteiger partial charge in [-0.3, -0.25) is 4.79 Å². The van der Waals surface area contributed by atoms with E-state index in [0.29, 0.717) is 38.2 Å². The number of rotatable bonds is 3. The highest BCUT2D eigenvalue weighted by atomic mass is 19.3. The average molecular weight is 326 g/mol. The Morgan fingerprint density at radius 3 is 2.22 bits per heavy atom. The van der Waals surface area contributed by atoms with Crippen molar-refractivity contribution in [2.24, 2.45) is 0 Å². The first-order chi connectivity index (χ1) is 11.0. The Balaban J connectivity index is 2.15. The predicted octanol–water partition coefficient (Wildman–Crippen LogP) is 4.07. The first-order valence-electron chi connectivity index (χ1n) is 8.00. The molecule has 2 aliphatic rings. The fourth-order valence-electron chi connectivity index (χ4n) is 3.57. The third-order valence-electron chi connectivity index (χ3n) is 4.79. The maximum absolute atomic E-state index is 13.6. The quantitative estimate of drug-likeness (QED) is 0.909. The van der Waals surface area contributed by atoms with Crippen LogP contribution in [0.5, 0.6) is 11.5 Å². The first kappa shape index (κ1) is 16.0. The summed E-state index contributed by atoms with van der Waals surface area (Å²) in [5.41, 5.74) is -1.32. The molecule has 126 valence electrons. The number of aliphatic carboxylic acids is 1. The number of alkyl halides is 2. The molecule has 4 nitrogen and oxygen atoms in total. The second-order valence-electron chi connectivity index (χ2n) is 6.19. The van der Waals surface area contributed by atoms with Gasteiger partial charge in [-0.1, -0.05) is 19.3 Å². The zero-order chi connectivity index (χ0) is 16.4. The summed E-state index contributed by atoms with van der Waals surface area (Å²) < 4.78 is 38.2. The van der Waals surface area contributed by atoms with E-state index < -0.39 is 17.8 Å². The lowest BCUT2D eigenvalue weighted by Crippen LogP contribution is -2.38. The molecule has 1 aromatic carbocycles. The fourth-order valence-corrected chi connectivity index (χ4v) is 3.57. The van der Waals surface area contributed by atoms with Crippen LogP contribution in [-0.4, -0.2) is 24.3 Å². The minimum absolute atomic E-state index is 0.184. The Morgan fingerprint density at radius 2 is 1.65 bits per heavy atom. The third kappa shape index (κ3) is 2.86. The molecular weight excluding hydrogens is 306 g/mol. The minimum atomic E-state index is -2.75. The van der Waals surface area contributed by atoms with E-state index in [2.05, 4.69) is 0 Å². The molecule has 23 heavy (non-hydrogen) atoms. The first-order valence-corrected chi connectivity index (χ1v) is 8.00. The third-order valence-corrected chi connectivity index (χ3v) is 4.79. The van der Waals surface area contributed by atoms with Crippen molar-refractivity contribution in [2.75, 3.05) is 13.2 Å². The molecule has 0 atom stereocenters. The van der Waals surface area contributed by atoms with Gasteiger partial charge in [-0.2, -0.15) is 0 Å². The number of carbonyl (C=O) groups is 1. The Hall–Kier alpha value is -1.85. The van der Waals surface area contributed by atoms with Crippen LogP contribution in [0.25, 0.3) is 0 Å². The molecule has 1 aliphatic carbocycles. The van der Waals surface area contributed by atoms with Crippen LogP contribution in [-0.2, 0) is 10.2 Å². The molecule has 0 spiro atoms. The van der Waals surface area contributed by atoms with E-state index in [1.165, 1.54) is 12.1 Å². The Morgan fingerprint density at radius 1 is 1.04 bits per heavy atom. The van der Waals surface area contributed by atoms with Crippen molar-refractivity contribution >= 4 is 5.97 Å². The number of hydrogen-bond acceptors (Lipinski definition) is 3. The van der Waals surface area contributed by atoms with E-state index in [4.69, 9.17) is 9.47 Å². The molecule has 1 fully saturated rings. The number of benzene rings is 1. The van der Waals surface area contributed by atoms with Crippen LogP contribution in [0, 0.1) is 0 Å². The molecular formula is C17H20F2O4. The molecule has 0 amide bonds. The van der Waals surface area contributed by atoms with E-state index in [1.54, 1.807) is 0 Å². The molecule has 0 bridgehead atoms. The van der Waals surface area contributed by atoms with Crippen molar-refractivity contribution in [3.63, 3.8) is 0 Å². The van der Waals surface area contributed by atoms with E-state index in [9.17, 15) is 18.7 Å². The number of hydrogen-bond donors (Lipinski definition) is 1. The monoisotopic (exact) mass is 326 g/mol. The molecule has 1 aromatic rings. The van der Waals surface area contributed by atoms with E-state index >= 15 is 0 Å². The fraction of sp³-hybridized carbons (Fsp3) is 0.588. The number of fused-ring (bicyclic) bond motifs is 1. The second-order valence-corrected chi connectivity index (χ2v) is 6.19. The highest BCUT2D eigenvalue weighted by Gasteiger charge is 2.44. The van der Waals surface area contributed by atoms with Crippen LogP contribution in [0.4, 0.5) is 8.78 Å². The summed E-state index contributed by atoms with van der Waals surface area (Å²) >= 11 is 0. The van der Waals surface area contributed by atoms with Crippen molar-refractivity contribution in [3.8, 4) is 11.5 Å². The summed E-state index contributed by atoms with van der Waals surface area (Å²) in [5.74, 6) is -0.389. The van der Waals surface area contributed by atoms with Gasteiger partial charge in [0.1, 0.15) is 0 Å². The molecule has 0 saturated heterocycles. The van der Waals surface area contributed by atoms with Gasteiger partial charge in [-0.15, -0.1) is 0 Å². The lowest BCUT2D eigenvalue weighted by molar-refractivity contribution is -0.145. The van der Waals surface area contributed by atoms with Crippen LogP contribution in [0.15, 0.2) is 12.1 Å². The lowest BCUT2D eigenvalue weighted by Gasteiger charge is -2.35. The van der Waals surface area contributed by atoms with E-state index in [0.717, 1.165) is 19.3 Å². The number of halogens is 2. The van der Waals surface area contributed by atoms with E-state index in [-0.39, 0.29) is 16.9 Å². The van der Waals surface area contributed by atoms with Gasteiger partial charge in [0.25, 0.3) is 6.43 Å². The summed E-state index contributed by atoms with van der Waals surface area (Å²) in [6.45, 7) is 0.833. The summed E-state index contributed by atoms with van der Waals surface area (Å²) in [5, 5.41) is 9.79. The maximum atomic E-state index is 13.6.